The highest BCUT2D eigenvalue weighted by atomic mass is 16.7. The molecule has 1 atom stereocenters. The van der Waals surface area contributed by atoms with Gasteiger partial charge in [-0.2, -0.15) is 5.26 Å². The lowest BCUT2D eigenvalue weighted by atomic mass is 9.85. The Balaban J connectivity index is 1.99. The van der Waals surface area contributed by atoms with E-state index in [9.17, 15) is 10.1 Å². The molecule has 0 aliphatic carbocycles. The molecule has 1 aromatic carbocycles. The van der Waals surface area contributed by atoms with Gasteiger partial charge in [-0.1, -0.05) is 0 Å². The third-order valence-electron chi connectivity index (χ3n) is 4.04. The number of aromatic nitrogens is 2. The summed E-state index contributed by atoms with van der Waals surface area (Å²) in [7, 11) is 1.49. The Bertz CT molecular complexity index is 1000. The molecule has 0 unspecified atom stereocenters. The number of allylic oxidation sites excluding steroid dienone is 1. The number of hydrogen-bond acceptors (Lipinski definition) is 8. The number of nitrogens with one attached hydrogen (secondary N) is 1. The molecule has 3 N–H and O–H groups in total. The van der Waals surface area contributed by atoms with Crippen molar-refractivity contribution in [3.05, 3.63) is 51.4 Å². The number of nitrogens with zero attached hydrogens (tertiary/aromatic N) is 2. The first-order valence-corrected chi connectivity index (χ1v) is 7.26. The van der Waals surface area contributed by atoms with E-state index in [1.807, 2.05) is 6.07 Å². The highest BCUT2D eigenvalue weighted by molar-refractivity contribution is 5.60. The van der Waals surface area contributed by atoms with Crippen molar-refractivity contribution >= 4 is 0 Å². The number of benzene rings is 1. The van der Waals surface area contributed by atoms with E-state index in [1.165, 1.54) is 13.4 Å². The minimum atomic E-state index is -0.769. The topological polar surface area (TPSA) is 132 Å². The zero-order valence-corrected chi connectivity index (χ0v) is 13.0. The van der Waals surface area contributed by atoms with E-state index in [-0.39, 0.29) is 29.7 Å². The quantitative estimate of drug-likeness (QED) is 0.817. The van der Waals surface area contributed by atoms with Gasteiger partial charge in [0.15, 0.2) is 11.5 Å². The molecule has 0 spiro atoms. The summed E-state index contributed by atoms with van der Waals surface area (Å²) in [5.74, 6) is 0.535. The Morgan fingerprint density at radius 2 is 2.28 bits per heavy atom. The summed E-state index contributed by atoms with van der Waals surface area (Å²) in [6.07, 6.45) is 1.21. The number of methoxy groups -OCH3 is 1. The Morgan fingerprint density at radius 3 is 3.04 bits per heavy atom. The molecule has 2 aromatic rings. The smallest absolute Gasteiger partial charge is 0.258 e. The van der Waals surface area contributed by atoms with Crippen LogP contribution in [0.15, 0.2) is 34.7 Å². The standard InChI is InChI=1S/C16H12N4O5/c1-22-9-2-7(3-10-13(9)24-6-23-10)11-8(4-17)14(18)25-16-12(11)15(21)19-5-20-16/h2-3,5,11H,6,18H2,1H3,(H,19,20,21)/t11-/m0/s1. The van der Waals surface area contributed by atoms with Gasteiger partial charge in [-0.15, -0.1) is 0 Å². The molecule has 126 valence electrons. The minimum absolute atomic E-state index is 0.0573. The van der Waals surface area contributed by atoms with Crippen LogP contribution in [-0.4, -0.2) is 23.9 Å². The predicted octanol–water partition coefficient (Wildman–Crippen LogP) is 0.725. The molecular formula is C16H12N4O5. The highest BCUT2D eigenvalue weighted by Crippen LogP contribution is 2.47. The highest BCUT2D eigenvalue weighted by Gasteiger charge is 2.35. The van der Waals surface area contributed by atoms with Crippen molar-refractivity contribution in [2.24, 2.45) is 5.73 Å². The first-order chi connectivity index (χ1) is 12.1. The van der Waals surface area contributed by atoms with Crippen molar-refractivity contribution < 1.29 is 18.9 Å². The lowest BCUT2D eigenvalue weighted by molar-refractivity contribution is 0.171. The van der Waals surface area contributed by atoms with Crippen LogP contribution < -0.4 is 30.2 Å². The number of fused-ring (bicyclic) bond motifs is 2. The van der Waals surface area contributed by atoms with Gasteiger partial charge >= 0.3 is 0 Å². The Morgan fingerprint density at radius 1 is 1.44 bits per heavy atom. The van der Waals surface area contributed by atoms with Crippen molar-refractivity contribution in [1.82, 2.24) is 9.97 Å². The molecule has 0 amide bonds. The first-order valence-electron chi connectivity index (χ1n) is 7.26. The van der Waals surface area contributed by atoms with Gasteiger partial charge in [-0.25, -0.2) is 4.98 Å². The van der Waals surface area contributed by atoms with Crippen molar-refractivity contribution in [1.29, 1.82) is 5.26 Å². The van der Waals surface area contributed by atoms with Crippen LogP contribution >= 0.6 is 0 Å². The Kier molecular flexibility index (Phi) is 3.25. The first kappa shape index (κ1) is 14.9. The fourth-order valence-electron chi connectivity index (χ4n) is 2.95. The van der Waals surface area contributed by atoms with Crippen LogP contribution in [0.1, 0.15) is 17.0 Å². The van der Waals surface area contributed by atoms with Gasteiger partial charge in [0.05, 0.1) is 24.9 Å². The summed E-state index contributed by atoms with van der Waals surface area (Å²) in [6.45, 7) is 0.0603. The third-order valence-corrected chi connectivity index (χ3v) is 4.04. The van der Waals surface area contributed by atoms with E-state index < -0.39 is 11.5 Å². The molecule has 4 rings (SSSR count). The van der Waals surface area contributed by atoms with E-state index >= 15 is 0 Å². The van der Waals surface area contributed by atoms with Crippen LogP contribution in [0.2, 0.25) is 0 Å². The van der Waals surface area contributed by atoms with Gasteiger partial charge in [0.25, 0.3) is 5.56 Å². The molecule has 1 aromatic heterocycles. The second-order valence-electron chi connectivity index (χ2n) is 5.33. The van der Waals surface area contributed by atoms with E-state index in [4.69, 9.17) is 24.7 Å². The third kappa shape index (κ3) is 2.15. The molecule has 0 bridgehead atoms. The lowest BCUT2D eigenvalue weighted by Gasteiger charge is -2.24. The van der Waals surface area contributed by atoms with E-state index in [1.54, 1.807) is 12.1 Å². The summed E-state index contributed by atoms with van der Waals surface area (Å²) < 4.78 is 21.5. The average Bonchev–Trinajstić information content (AvgIpc) is 3.08. The summed E-state index contributed by atoms with van der Waals surface area (Å²) >= 11 is 0. The molecule has 25 heavy (non-hydrogen) atoms. The molecule has 0 fully saturated rings. The maximum absolute atomic E-state index is 12.4. The summed E-state index contributed by atoms with van der Waals surface area (Å²) in [5, 5.41) is 9.54. The molecule has 2 aliphatic rings. The van der Waals surface area contributed by atoms with Gasteiger partial charge in [0.1, 0.15) is 11.6 Å². The largest absolute Gasteiger partial charge is 0.493 e. The number of ether oxygens (including phenoxy) is 4. The molecule has 3 heterocycles. The number of aromatic amines is 1. The zero-order chi connectivity index (χ0) is 17.6. The number of nitriles is 1. The van der Waals surface area contributed by atoms with E-state index in [2.05, 4.69) is 9.97 Å². The number of H-pyrrole nitrogens is 1. The van der Waals surface area contributed by atoms with Crippen LogP contribution in [0.4, 0.5) is 0 Å². The van der Waals surface area contributed by atoms with E-state index in [0.29, 0.717) is 22.8 Å². The molecule has 0 saturated heterocycles. The van der Waals surface area contributed by atoms with Gasteiger partial charge in [0, 0.05) is 0 Å². The summed E-state index contributed by atoms with van der Waals surface area (Å²) in [4.78, 5) is 18.9. The van der Waals surface area contributed by atoms with Crippen molar-refractivity contribution in [3.8, 4) is 29.2 Å². The fourth-order valence-corrected chi connectivity index (χ4v) is 2.95. The van der Waals surface area contributed by atoms with Crippen LogP contribution in [0, 0.1) is 11.3 Å². The van der Waals surface area contributed by atoms with Crippen molar-refractivity contribution in [2.75, 3.05) is 13.9 Å². The fraction of sp³-hybridized carbons (Fsp3) is 0.188. The van der Waals surface area contributed by atoms with Gasteiger partial charge in [-0.3, -0.25) is 4.79 Å². The van der Waals surface area contributed by atoms with Gasteiger partial charge < -0.3 is 29.7 Å². The van der Waals surface area contributed by atoms with E-state index in [0.717, 1.165) is 0 Å². The minimum Gasteiger partial charge on any atom is -0.493 e. The maximum Gasteiger partial charge on any atom is 0.258 e. The SMILES string of the molecule is COc1cc([C@H]2C(C#N)=C(N)Oc3nc[nH]c(=O)c32)cc2c1OCO2. The molecular weight excluding hydrogens is 328 g/mol. The van der Waals surface area contributed by atoms with Crippen LogP contribution in [0.25, 0.3) is 0 Å². The van der Waals surface area contributed by atoms with Gasteiger partial charge in [-0.05, 0) is 17.7 Å². The monoisotopic (exact) mass is 340 g/mol. The molecule has 9 heteroatoms. The second kappa shape index (κ2) is 5.45. The maximum atomic E-state index is 12.4. The van der Waals surface area contributed by atoms with Crippen molar-refractivity contribution in [2.45, 2.75) is 5.92 Å². The average molecular weight is 340 g/mol. The van der Waals surface area contributed by atoms with Crippen LogP contribution in [0.5, 0.6) is 23.1 Å². The summed E-state index contributed by atoms with van der Waals surface area (Å²) in [5.41, 5.74) is 6.30. The lowest BCUT2D eigenvalue weighted by Crippen LogP contribution is -2.28. The van der Waals surface area contributed by atoms with Crippen molar-refractivity contribution in [3.63, 3.8) is 0 Å². The normalized spacial score (nSPS) is 17.5. The van der Waals surface area contributed by atoms with Crippen LogP contribution in [-0.2, 0) is 0 Å². The molecule has 0 saturated carbocycles. The second-order valence-corrected chi connectivity index (χ2v) is 5.33. The van der Waals surface area contributed by atoms with Gasteiger partial charge in [0.2, 0.25) is 24.3 Å². The molecule has 9 nitrogen and oxygen atoms in total. The Labute approximate surface area is 141 Å². The molecule has 2 aliphatic heterocycles. The molecule has 0 radical (unpaired) electrons. The number of rotatable bonds is 2. The zero-order valence-electron chi connectivity index (χ0n) is 13.0. The summed E-state index contributed by atoms with van der Waals surface area (Å²) in [6, 6.07) is 5.36. The number of hydrogen-bond donors (Lipinski definition) is 2. The predicted molar refractivity (Wildman–Crippen MR) is 83.3 cm³/mol. The number of nitrogens with two attached hydrogens (primary N) is 1. The Hall–Kier alpha value is -3.67. The van der Waals surface area contributed by atoms with Crippen LogP contribution in [0.3, 0.4) is 0 Å².